The van der Waals surface area contributed by atoms with Crippen LogP contribution in [0.3, 0.4) is 0 Å². The van der Waals surface area contributed by atoms with Crippen LogP contribution in [-0.4, -0.2) is 52.9 Å². The fourth-order valence-electron chi connectivity index (χ4n) is 2.89. The Morgan fingerprint density at radius 3 is 2.60 bits per heavy atom. The maximum Gasteiger partial charge on any atom is 0.224 e. The van der Waals surface area contributed by atoms with Crippen molar-refractivity contribution in [1.29, 1.82) is 0 Å². The molecule has 2 aromatic rings. The quantitative estimate of drug-likeness (QED) is 0.887. The summed E-state index contributed by atoms with van der Waals surface area (Å²) in [6.45, 7) is 5.78. The summed E-state index contributed by atoms with van der Waals surface area (Å²) in [5.41, 5.74) is 7.65. The van der Waals surface area contributed by atoms with E-state index < -0.39 is 0 Å². The van der Waals surface area contributed by atoms with Gasteiger partial charge in [-0.15, -0.1) is 11.3 Å². The second-order valence-electron chi connectivity index (χ2n) is 6.49. The number of nitrogens with two attached hydrogens (primary N) is 1. The molecule has 134 valence electrons. The highest BCUT2D eigenvalue weighted by Gasteiger charge is 2.22. The number of aromatic nitrogens is 1. The van der Waals surface area contributed by atoms with E-state index in [-0.39, 0.29) is 17.8 Å². The van der Waals surface area contributed by atoms with Crippen LogP contribution < -0.4 is 5.73 Å². The fraction of sp³-hybridized carbons (Fsp3) is 0.444. The lowest BCUT2D eigenvalue weighted by Gasteiger charge is -2.34. The number of piperazine rings is 1. The van der Waals surface area contributed by atoms with Crippen molar-refractivity contribution in [1.82, 2.24) is 14.8 Å². The van der Waals surface area contributed by atoms with E-state index in [1.807, 2.05) is 17.2 Å². The van der Waals surface area contributed by atoms with Gasteiger partial charge in [0, 0.05) is 56.1 Å². The summed E-state index contributed by atoms with van der Waals surface area (Å²) >= 11 is 1.57. The molecule has 1 saturated heterocycles. The van der Waals surface area contributed by atoms with E-state index in [1.165, 1.54) is 12.1 Å². The molecule has 2 heterocycles. The van der Waals surface area contributed by atoms with Crippen LogP contribution >= 0.6 is 11.3 Å². The molecule has 5 nitrogen and oxygen atoms in total. The first-order valence-electron chi connectivity index (χ1n) is 8.47. The number of carbonyl (C=O) groups is 1. The topological polar surface area (TPSA) is 62.5 Å². The molecule has 1 fully saturated rings. The minimum atomic E-state index is -0.239. The molecule has 1 aromatic heterocycles. The molecule has 3 rings (SSSR count). The number of hydrogen-bond donors (Lipinski definition) is 1. The highest BCUT2D eigenvalue weighted by molar-refractivity contribution is 7.13. The number of hydrogen-bond acceptors (Lipinski definition) is 5. The van der Waals surface area contributed by atoms with Gasteiger partial charge in [-0.3, -0.25) is 9.69 Å². The maximum absolute atomic E-state index is 13.0. The van der Waals surface area contributed by atoms with Crippen molar-refractivity contribution < 1.29 is 9.18 Å². The van der Waals surface area contributed by atoms with E-state index in [0.717, 1.165) is 49.0 Å². The van der Waals surface area contributed by atoms with Crippen LogP contribution in [0.5, 0.6) is 0 Å². The number of carbonyl (C=O) groups excluding carboxylic acids is 1. The van der Waals surface area contributed by atoms with Crippen LogP contribution in [0.2, 0.25) is 0 Å². The van der Waals surface area contributed by atoms with Gasteiger partial charge in [0.25, 0.3) is 0 Å². The zero-order chi connectivity index (χ0) is 17.8. The summed E-state index contributed by atoms with van der Waals surface area (Å²) < 4.78 is 13.0. The smallest absolute Gasteiger partial charge is 0.224 e. The van der Waals surface area contributed by atoms with E-state index in [1.54, 1.807) is 23.5 Å². The largest absolute Gasteiger partial charge is 0.340 e. The van der Waals surface area contributed by atoms with Crippen LogP contribution in [0, 0.1) is 5.82 Å². The predicted octanol–water partition coefficient (Wildman–Crippen LogP) is 2.33. The van der Waals surface area contributed by atoms with Crippen molar-refractivity contribution in [2.75, 3.05) is 26.2 Å². The van der Waals surface area contributed by atoms with Gasteiger partial charge in [-0.05, 0) is 31.2 Å². The summed E-state index contributed by atoms with van der Waals surface area (Å²) in [5, 5.41) is 2.95. The molecule has 1 aromatic carbocycles. The maximum atomic E-state index is 13.0. The number of nitrogens with zero attached hydrogens (tertiary/aromatic N) is 3. The summed E-state index contributed by atoms with van der Waals surface area (Å²) in [6, 6.07) is 6.32. The Morgan fingerprint density at radius 2 is 1.96 bits per heavy atom. The second kappa shape index (κ2) is 8.03. The molecule has 1 aliphatic heterocycles. The van der Waals surface area contributed by atoms with Gasteiger partial charge in [-0.25, -0.2) is 9.37 Å². The van der Waals surface area contributed by atoms with E-state index in [4.69, 9.17) is 5.73 Å². The van der Waals surface area contributed by atoms with E-state index in [2.05, 4.69) is 9.88 Å². The Labute approximate surface area is 151 Å². The molecule has 1 amide bonds. The minimum absolute atomic E-state index is 0.0922. The Kier molecular flexibility index (Phi) is 5.78. The van der Waals surface area contributed by atoms with Gasteiger partial charge in [0.15, 0.2) is 0 Å². The van der Waals surface area contributed by atoms with Crippen LogP contribution in [0.15, 0.2) is 29.6 Å². The molecular formula is C18H23FN4OS. The van der Waals surface area contributed by atoms with E-state index >= 15 is 0 Å². The van der Waals surface area contributed by atoms with Crippen molar-refractivity contribution in [3.63, 3.8) is 0 Å². The monoisotopic (exact) mass is 362 g/mol. The average Bonchev–Trinajstić information content (AvgIpc) is 3.04. The summed E-state index contributed by atoms with van der Waals surface area (Å²) in [7, 11) is 0. The molecule has 1 aliphatic rings. The van der Waals surface area contributed by atoms with Crippen LogP contribution in [0.4, 0.5) is 4.39 Å². The van der Waals surface area contributed by atoms with Crippen LogP contribution in [-0.2, 0) is 11.3 Å². The Hall–Kier alpha value is -1.83. The Balaban J connectivity index is 1.53. The first-order valence-corrected chi connectivity index (χ1v) is 9.35. The zero-order valence-electron chi connectivity index (χ0n) is 14.3. The molecule has 7 heteroatoms. The van der Waals surface area contributed by atoms with Gasteiger partial charge < -0.3 is 10.6 Å². The molecule has 25 heavy (non-hydrogen) atoms. The Morgan fingerprint density at radius 1 is 1.28 bits per heavy atom. The molecule has 1 atom stereocenters. The number of benzene rings is 1. The first kappa shape index (κ1) is 18.0. The van der Waals surface area contributed by atoms with E-state index in [0.29, 0.717) is 6.42 Å². The van der Waals surface area contributed by atoms with Crippen molar-refractivity contribution >= 4 is 17.2 Å². The molecule has 0 bridgehead atoms. The predicted molar refractivity (Wildman–Crippen MR) is 97.6 cm³/mol. The molecular weight excluding hydrogens is 339 g/mol. The average molecular weight is 362 g/mol. The van der Waals surface area contributed by atoms with Crippen molar-refractivity contribution in [2.24, 2.45) is 5.73 Å². The lowest BCUT2D eigenvalue weighted by atomic mass is 10.2. The summed E-state index contributed by atoms with van der Waals surface area (Å²) in [5.74, 6) is -0.0983. The van der Waals surface area contributed by atoms with Crippen molar-refractivity contribution in [3.8, 4) is 10.6 Å². The number of amides is 1. The standard InChI is InChI=1S/C18H23FN4OS/c1-13(20)10-17(24)23-8-6-22(7-9-23)11-16-12-25-18(21-16)14-2-4-15(19)5-3-14/h2-5,12-13H,6-11,20H2,1H3. The van der Waals surface area contributed by atoms with Gasteiger partial charge in [0.1, 0.15) is 10.8 Å². The lowest BCUT2D eigenvalue weighted by molar-refractivity contribution is -0.133. The van der Waals surface area contributed by atoms with Crippen molar-refractivity contribution in [3.05, 3.63) is 41.2 Å². The summed E-state index contributed by atoms with van der Waals surface area (Å²) in [4.78, 5) is 20.9. The lowest BCUT2D eigenvalue weighted by Crippen LogP contribution is -2.49. The highest BCUT2D eigenvalue weighted by atomic mass is 32.1. The SMILES string of the molecule is CC(N)CC(=O)N1CCN(Cc2csc(-c3ccc(F)cc3)n2)CC1. The molecule has 2 N–H and O–H groups in total. The van der Waals surface area contributed by atoms with Gasteiger partial charge in [0.2, 0.25) is 5.91 Å². The van der Waals surface area contributed by atoms with Crippen molar-refractivity contribution in [2.45, 2.75) is 25.9 Å². The van der Waals surface area contributed by atoms with Gasteiger partial charge in [-0.2, -0.15) is 0 Å². The van der Waals surface area contributed by atoms with E-state index in [9.17, 15) is 9.18 Å². The Bertz CT molecular complexity index is 708. The third kappa shape index (κ3) is 4.84. The summed E-state index contributed by atoms with van der Waals surface area (Å²) in [6.07, 6.45) is 0.410. The van der Waals surface area contributed by atoms with Crippen LogP contribution in [0.1, 0.15) is 19.0 Å². The number of rotatable bonds is 5. The third-order valence-electron chi connectivity index (χ3n) is 4.25. The molecule has 0 saturated carbocycles. The molecule has 0 radical (unpaired) electrons. The highest BCUT2D eigenvalue weighted by Crippen LogP contribution is 2.24. The van der Waals surface area contributed by atoms with Gasteiger partial charge in [-0.1, -0.05) is 0 Å². The van der Waals surface area contributed by atoms with Gasteiger partial charge >= 0.3 is 0 Å². The normalized spacial score (nSPS) is 16.8. The minimum Gasteiger partial charge on any atom is -0.340 e. The number of thiazole rings is 1. The van der Waals surface area contributed by atoms with Gasteiger partial charge in [0.05, 0.1) is 5.69 Å². The fourth-order valence-corrected chi connectivity index (χ4v) is 3.71. The first-order chi connectivity index (χ1) is 12.0. The number of halogens is 1. The molecule has 1 unspecified atom stereocenters. The van der Waals surface area contributed by atoms with Crippen LogP contribution in [0.25, 0.3) is 10.6 Å². The zero-order valence-corrected chi connectivity index (χ0v) is 15.1. The molecule has 0 aliphatic carbocycles. The second-order valence-corrected chi connectivity index (χ2v) is 7.35. The molecule has 0 spiro atoms. The third-order valence-corrected chi connectivity index (χ3v) is 5.19.